The van der Waals surface area contributed by atoms with Gasteiger partial charge in [0.1, 0.15) is 6.16 Å². The van der Waals surface area contributed by atoms with Crippen molar-refractivity contribution in [3.63, 3.8) is 0 Å². The zero-order chi connectivity index (χ0) is 10.9. The molecule has 0 rings (SSSR count). The standard InChI is InChI=1S/C5H12NO4P.C2H6/c1-3-10-11(8,9)4-5(7)6-2;1-2/h3-4H2,1-2H3,(H,6,7)(H,8,9);1-2H3. The van der Waals surface area contributed by atoms with Gasteiger partial charge in [-0.1, -0.05) is 13.8 Å². The summed E-state index contributed by atoms with van der Waals surface area (Å²) < 4.78 is 15.3. The molecular weight excluding hydrogens is 193 g/mol. The topological polar surface area (TPSA) is 75.6 Å². The van der Waals surface area contributed by atoms with Gasteiger partial charge in [0.05, 0.1) is 6.61 Å². The Kier molecular flexibility index (Phi) is 9.56. The highest BCUT2D eigenvalue weighted by Gasteiger charge is 2.22. The molecule has 0 aliphatic rings. The van der Waals surface area contributed by atoms with E-state index in [0.717, 1.165) is 0 Å². The van der Waals surface area contributed by atoms with E-state index in [1.54, 1.807) is 6.92 Å². The third-order valence-corrected chi connectivity index (χ3v) is 2.30. The molecule has 0 heterocycles. The maximum absolute atomic E-state index is 10.9. The van der Waals surface area contributed by atoms with Gasteiger partial charge in [-0.05, 0) is 6.92 Å². The van der Waals surface area contributed by atoms with E-state index in [1.807, 2.05) is 13.8 Å². The third-order valence-electron chi connectivity index (χ3n) is 0.953. The molecule has 2 N–H and O–H groups in total. The third kappa shape index (κ3) is 9.53. The lowest BCUT2D eigenvalue weighted by Crippen LogP contribution is -2.22. The summed E-state index contributed by atoms with van der Waals surface area (Å²) in [6.07, 6.45) is -0.475. The van der Waals surface area contributed by atoms with Crippen LogP contribution in [-0.4, -0.2) is 30.6 Å². The highest BCUT2D eigenvalue weighted by Crippen LogP contribution is 2.40. The van der Waals surface area contributed by atoms with Crippen molar-refractivity contribution in [1.29, 1.82) is 0 Å². The van der Waals surface area contributed by atoms with Crippen LogP contribution in [0.15, 0.2) is 0 Å². The average molecular weight is 211 g/mol. The molecule has 0 aromatic rings. The number of hydrogen-bond donors (Lipinski definition) is 2. The molecular formula is C7H18NO4P. The highest BCUT2D eigenvalue weighted by atomic mass is 31.2. The molecule has 6 heteroatoms. The molecule has 0 aromatic carbocycles. The van der Waals surface area contributed by atoms with Crippen LogP contribution in [0.3, 0.4) is 0 Å². The molecule has 0 aliphatic heterocycles. The molecule has 0 spiro atoms. The van der Waals surface area contributed by atoms with Crippen molar-refractivity contribution in [2.24, 2.45) is 0 Å². The smallest absolute Gasteiger partial charge is 0.337 e. The fraction of sp³-hybridized carbons (Fsp3) is 0.857. The molecule has 0 saturated carbocycles. The molecule has 0 fully saturated rings. The van der Waals surface area contributed by atoms with E-state index in [1.165, 1.54) is 7.05 Å². The van der Waals surface area contributed by atoms with E-state index in [9.17, 15) is 9.36 Å². The van der Waals surface area contributed by atoms with Gasteiger partial charge in [-0.3, -0.25) is 9.36 Å². The number of nitrogens with one attached hydrogen (secondary N) is 1. The number of rotatable bonds is 4. The van der Waals surface area contributed by atoms with Crippen molar-refractivity contribution < 1.29 is 18.8 Å². The lowest BCUT2D eigenvalue weighted by Gasteiger charge is -2.08. The maximum atomic E-state index is 10.9. The van der Waals surface area contributed by atoms with Crippen molar-refractivity contribution in [2.75, 3.05) is 19.8 Å². The molecule has 0 aromatic heterocycles. The minimum Gasteiger partial charge on any atom is -0.359 e. The lowest BCUT2D eigenvalue weighted by atomic mass is 10.7. The normalized spacial score (nSPS) is 13.6. The minimum atomic E-state index is -3.68. The maximum Gasteiger partial charge on any atom is 0.337 e. The van der Waals surface area contributed by atoms with Crippen molar-refractivity contribution in [3.8, 4) is 0 Å². The van der Waals surface area contributed by atoms with Gasteiger partial charge in [-0.15, -0.1) is 0 Å². The van der Waals surface area contributed by atoms with Crippen molar-refractivity contribution in [1.82, 2.24) is 5.32 Å². The Morgan fingerprint density at radius 1 is 1.54 bits per heavy atom. The summed E-state index contributed by atoms with van der Waals surface area (Å²) in [7, 11) is -2.28. The van der Waals surface area contributed by atoms with E-state index in [2.05, 4.69) is 9.84 Å². The van der Waals surface area contributed by atoms with Crippen LogP contribution >= 0.6 is 7.60 Å². The molecule has 1 amide bonds. The first-order valence-corrected chi connectivity index (χ1v) is 5.95. The zero-order valence-electron chi connectivity index (χ0n) is 8.53. The number of amides is 1. The SMILES string of the molecule is CC.CCOP(=O)(O)CC(=O)NC. The predicted molar refractivity (Wildman–Crippen MR) is 51.7 cm³/mol. The summed E-state index contributed by atoms with van der Waals surface area (Å²) in [6, 6.07) is 0. The molecule has 1 atom stereocenters. The summed E-state index contributed by atoms with van der Waals surface area (Å²) >= 11 is 0. The van der Waals surface area contributed by atoms with Crippen LogP contribution in [0.2, 0.25) is 0 Å². The van der Waals surface area contributed by atoms with Gasteiger partial charge in [0.15, 0.2) is 0 Å². The summed E-state index contributed by atoms with van der Waals surface area (Å²) in [5.74, 6) is -0.496. The average Bonchev–Trinajstić information content (AvgIpc) is 2.07. The van der Waals surface area contributed by atoms with Crippen LogP contribution in [0.25, 0.3) is 0 Å². The molecule has 0 aliphatic carbocycles. The van der Waals surface area contributed by atoms with Crippen LogP contribution < -0.4 is 5.32 Å². The second-order valence-electron chi connectivity index (χ2n) is 1.89. The van der Waals surface area contributed by atoms with E-state index >= 15 is 0 Å². The molecule has 1 unspecified atom stereocenters. The van der Waals surface area contributed by atoms with Crippen LogP contribution in [0.5, 0.6) is 0 Å². The number of hydrogen-bond acceptors (Lipinski definition) is 3. The first-order chi connectivity index (χ1) is 6.02. The Hall–Kier alpha value is -0.380. The molecule has 0 bridgehead atoms. The van der Waals surface area contributed by atoms with Crippen LogP contribution in [-0.2, 0) is 13.9 Å². The highest BCUT2D eigenvalue weighted by molar-refractivity contribution is 7.53. The van der Waals surface area contributed by atoms with Crippen LogP contribution in [0.4, 0.5) is 0 Å². The fourth-order valence-electron chi connectivity index (χ4n) is 0.508. The first kappa shape index (κ1) is 15.1. The predicted octanol–water partition coefficient (Wildman–Crippen LogP) is 0.981. The van der Waals surface area contributed by atoms with E-state index in [0.29, 0.717) is 0 Å². The van der Waals surface area contributed by atoms with E-state index in [4.69, 9.17) is 4.89 Å². The summed E-state index contributed by atoms with van der Waals surface area (Å²) in [4.78, 5) is 19.5. The van der Waals surface area contributed by atoms with Gasteiger partial charge in [0, 0.05) is 7.05 Å². The van der Waals surface area contributed by atoms with Gasteiger partial charge in [-0.25, -0.2) is 0 Å². The first-order valence-electron chi connectivity index (χ1n) is 4.18. The Balaban J connectivity index is 0. The lowest BCUT2D eigenvalue weighted by molar-refractivity contribution is -0.118. The molecule has 80 valence electrons. The van der Waals surface area contributed by atoms with Gasteiger partial charge in [-0.2, -0.15) is 0 Å². The quantitative estimate of drug-likeness (QED) is 0.679. The van der Waals surface area contributed by atoms with Gasteiger partial charge in [0.2, 0.25) is 5.91 Å². The summed E-state index contributed by atoms with van der Waals surface area (Å²) in [5.41, 5.74) is 0. The number of carbonyl (C=O) groups excluding carboxylic acids is 1. The van der Waals surface area contributed by atoms with E-state index < -0.39 is 19.7 Å². The monoisotopic (exact) mass is 211 g/mol. The second kappa shape index (κ2) is 8.23. The Morgan fingerprint density at radius 3 is 2.31 bits per heavy atom. The molecule has 0 saturated heterocycles. The molecule has 13 heavy (non-hydrogen) atoms. The molecule has 0 radical (unpaired) electrons. The number of carbonyl (C=O) groups is 1. The second-order valence-corrected chi connectivity index (χ2v) is 3.74. The Bertz CT molecular complexity index is 183. The van der Waals surface area contributed by atoms with Crippen molar-refractivity contribution in [2.45, 2.75) is 20.8 Å². The van der Waals surface area contributed by atoms with Crippen molar-refractivity contribution in [3.05, 3.63) is 0 Å². The zero-order valence-corrected chi connectivity index (χ0v) is 9.43. The van der Waals surface area contributed by atoms with Gasteiger partial charge in [0.25, 0.3) is 0 Å². The fourth-order valence-corrected chi connectivity index (χ4v) is 1.52. The van der Waals surface area contributed by atoms with Crippen molar-refractivity contribution >= 4 is 13.5 Å². The van der Waals surface area contributed by atoms with E-state index in [-0.39, 0.29) is 6.61 Å². The van der Waals surface area contributed by atoms with Crippen LogP contribution in [0, 0.1) is 0 Å². The Morgan fingerprint density at radius 2 is 2.00 bits per heavy atom. The molecule has 5 nitrogen and oxygen atoms in total. The minimum absolute atomic E-state index is 0.130. The summed E-state index contributed by atoms with van der Waals surface area (Å²) in [5, 5.41) is 2.23. The van der Waals surface area contributed by atoms with Gasteiger partial charge >= 0.3 is 7.60 Å². The van der Waals surface area contributed by atoms with Gasteiger partial charge < -0.3 is 14.7 Å². The van der Waals surface area contributed by atoms with Crippen LogP contribution in [0.1, 0.15) is 20.8 Å². The largest absolute Gasteiger partial charge is 0.359 e. The summed E-state index contributed by atoms with van der Waals surface area (Å²) in [6.45, 7) is 5.72. The Labute approximate surface area is 79.0 Å².